The molecule has 0 bridgehead atoms. The SMILES string of the molecule is Cc1cc(C(=O)NCCCCN)nc2[nH]c(=O)[nH]c(=O)c12.Cl.Cl. The summed E-state index contributed by atoms with van der Waals surface area (Å²) in [4.78, 5) is 43.6. The predicted molar refractivity (Wildman–Crippen MR) is 92.8 cm³/mol. The molecular formula is C13H19Cl2N5O3. The van der Waals surface area contributed by atoms with Crippen LogP contribution in [0.4, 0.5) is 0 Å². The van der Waals surface area contributed by atoms with Crippen LogP contribution in [-0.2, 0) is 0 Å². The van der Waals surface area contributed by atoms with Crippen LogP contribution in [0.25, 0.3) is 11.0 Å². The third-order valence-electron chi connectivity index (χ3n) is 3.05. The van der Waals surface area contributed by atoms with Gasteiger partial charge in [-0.15, -0.1) is 24.8 Å². The molecule has 2 rings (SSSR count). The first-order chi connectivity index (χ1) is 10.0. The number of halogens is 2. The number of hydrogen-bond donors (Lipinski definition) is 4. The number of amides is 1. The first-order valence-corrected chi connectivity index (χ1v) is 6.65. The molecule has 0 atom stereocenters. The van der Waals surface area contributed by atoms with Crippen molar-refractivity contribution in [2.75, 3.05) is 13.1 Å². The molecule has 0 radical (unpaired) electrons. The summed E-state index contributed by atoms with van der Waals surface area (Å²) in [5, 5.41) is 2.99. The van der Waals surface area contributed by atoms with Crippen LogP contribution in [0.2, 0.25) is 0 Å². The minimum Gasteiger partial charge on any atom is -0.351 e. The molecule has 0 saturated heterocycles. The van der Waals surface area contributed by atoms with Gasteiger partial charge in [-0.25, -0.2) is 9.78 Å². The molecule has 23 heavy (non-hydrogen) atoms. The number of carbonyl (C=O) groups excluding carboxylic acids is 1. The largest absolute Gasteiger partial charge is 0.351 e. The number of unbranched alkanes of at least 4 members (excludes halogenated alkanes) is 1. The number of aromatic amines is 2. The fourth-order valence-electron chi connectivity index (χ4n) is 2.03. The average Bonchev–Trinajstić information content (AvgIpc) is 2.42. The Hall–Kier alpha value is -1.90. The van der Waals surface area contributed by atoms with Gasteiger partial charge in [-0.2, -0.15) is 0 Å². The van der Waals surface area contributed by atoms with Crippen molar-refractivity contribution in [3.8, 4) is 0 Å². The summed E-state index contributed by atoms with van der Waals surface area (Å²) < 4.78 is 0. The van der Waals surface area contributed by atoms with Gasteiger partial charge in [0.1, 0.15) is 11.3 Å². The highest BCUT2D eigenvalue weighted by atomic mass is 35.5. The molecule has 0 unspecified atom stereocenters. The van der Waals surface area contributed by atoms with Gasteiger partial charge >= 0.3 is 5.69 Å². The van der Waals surface area contributed by atoms with Crippen LogP contribution >= 0.6 is 24.8 Å². The number of aromatic nitrogens is 3. The Morgan fingerprint density at radius 1 is 1.26 bits per heavy atom. The number of hydrogen-bond acceptors (Lipinski definition) is 5. The molecule has 0 aromatic carbocycles. The Morgan fingerprint density at radius 2 is 1.96 bits per heavy atom. The number of pyridine rings is 1. The van der Waals surface area contributed by atoms with E-state index >= 15 is 0 Å². The molecule has 10 heteroatoms. The molecule has 0 fully saturated rings. The van der Waals surface area contributed by atoms with Crippen LogP contribution in [0.5, 0.6) is 0 Å². The van der Waals surface area contributed by atoms with E-state index in [0.717, 1.165) is 12.8 Å². The van der Waals surface area contributed by atoms with Gasteiger partial charge in [0, 0.05) is 6.54 Å². The molecule has 0 aliphatic carbocycles. The molecule has 0 spiro atoms. The Kier molecular flexibility index (Phi) is 8.52. The minimum absolute atomic E-state index is 0. The van der Waals surface area contributed by atoms with Crippen molar-refractivity contribution in [3.63, 3.8) is 0 Å². The Morgan fingerprint density at radius 3 is 2.61 bits per heavy atom. The average molecular weight is 364 g/mol. The molecule has 128 valence electrons. The number of nitrogens with two attached hydrogens (primary N) is 1. The van der Waals surface area contributed by atoms with Crippen molar-refractivity contribution in [1.82, 2.24) is 20.3 Å². The monoisotopic (exact) mass is 363 g/mol. The molecule has 5 N–H and O–H groups in total. The first-order valence-electron chi connectivity index (χ1n) is 6.65. The lowest BCUT2D eigenvalue weighted by molar-refractivity contribution is 0.0948. The lowest BCUT2D eigenvalue weighted by atomic mass is 10.1. The summed E-state index contributed by atoms with van der Waals surface area (Å²) in [7, 11) is 0. The number of nitrogens with one attached hydrogen (secondary N) is 3. The maximum absolute atomic E-state index is 12.0. The number of H-pyrrole nitrogens is 2. The number of carbonyl (C=O) groups is 1. The maximum atomic E-state index is 12.0. The van der Waals surface area contributed by atoms with E-state index in [1.807, 2.05) is 0 Å². The fourth-order valence-corrected chi connectivity index (χ4v) is 2.03. The summed E-state index contributed by atoms with van der Waals surface area (Å²) in [6.45, 7) is 2.76. The first kappa shape index (κ1) is 21.1. The molecule has 1 amide bonds. The topological polar surface area (TPSA) is 134 Å². The summed E-state index contributed by atoms with van der Waals surface area (Å²) in [6, 6.07) is 1.52. The molecule has 2 aromatic heterocycles. The number of rotatable bonds is 5. The smallest absolute Gasteiger partial charge is 0.327 e. The highest BCUT2D eigenvalue weighted by Gasteiger charge is 2.12. The van der Waals surface area contributed by atoms with Gasteiger partial charge < -0.3 is 11.1 Å². The molecule has 0 saturated carbocycles. The predicted octanol–water partition coefficient (Wildman–Crippen LogP) is 0.232. The van der Waals surface area contributed by atoms with E-state index in [0.29, 0.717) is 18.7 Å². The molecule has 0 aliphatic rings. The van der Waals surface area contributed by atoms with Crippen molar-refractivity contribution in [2.45, 2.75) is 19.8 Å². The zero-order valence-corrected chi connectivity index (χ0v) is 14.1. The van der Waals surface area contributed by atoms with Gasteiger partial charge in [-0.3, -0.25) is 19.6 Å². The van der Waals surface area contributed by atoms with Crippen LogP contribution in [-0.4, -0.2) is 33.9 Å². The lowest BCUT2D eigenvalue weighted by Crippen LogP contribution is -2.27. The third kappa shape index (κ3) is 5.05. The summed E-state index contributed by atoms with van der Waals surface area (Å²) in [5.41, 5.74) is 5.05. The van der Waals surface area contributed by atoms with E-state index in [1.54, 1.807) is 6.92 Å². The van der Waals surface area contributed by atoms with Crippen LogP contribution in [0.1, 0.15) is 28.9 Å². The Labute approximate surface area is 144 Å². The minimum atomic E-state index is -0.653. The Bertz CT molecular complexity index is 787. The highest BCUT2D eigenvalue weighted by molar-refractivity contribution is 5.95. The second kappa shape index (κ2) is 9.29. The standard InChI is InChI=1S/C13H17N5O3.2ClH/c1-7-6-8(11(19)15-5-3-2-4-14)16-10-9(7)12(20)18-13(21)17-10;;/h6H,2-5,14H2,1H3,(H,15,19)(H2,16,17,18,20,21);2*1H. The molecule has 2 heterocycles. The zero-order valence-electron chi connectivity index (χ0n) is 12.5. The Balaban J connectivity index is 0.00000242. The van der Waals surface area contributed by atoms with E-state index in [1.165, 1.54) is 6.07 Å². The van der Waals surface area contributed by atoms with Crippen LogP contribution in [0.15, 0.2) is 15.7 Å². The second-order valence-corrected chi connectivity index (χ2v) is 4.71. The molecule has 2 aromatic rings. The number of fused-ring (bicyclic) bond motifs is 1. The van der Waals surface area contributed by atoms with Crippen LogP contribution in [0, 0.1) is 6.92 Å². The van der Waals surface area contributed by atoms with Crippen molar-refractivity contribution >= 4 is 41.8 Å². The van der Waals surface area contributed by atoms with Gasteiger partial charge in [0.2, 0.25) is 0 Å². The van der Waals surface area contributed by atoms with Gasteiger partial charge in [0.25, 0.3) is 11.5 Å². The summed E-state index contributed by atoms with van der Waals surface area (Å²) in [6.07, 6.45) is 1.61. The van der Waals surface area contributed by atoms with Gasteiger partial charge in [-0.05, 0) is 37.9 Å². The fraction of sp³-hybridized carbons (Fsp3) is 0.385. The zero-order chi connectivity index (χ0) is 15.4. The lowest BCUT2D eigenvalue weighted by Gasteiger charge is -2.06. The van der Waals surface area contributed by atoms with E-state index in [-0.39, 0.29) is 47.4 Å². The quantitative estimate of drug-likeness (QED) is 0.564. The van der Waals surface area contributed by atoms with Gasteiger partial charge in [0.05, 0.1) is 5.39 Å². The van der Waals surface area contributed by atoms with Crippen LogP contribution in [0.3, 0.4) is 0 Å². The van der Waals surface area contributed by atoms with Crippen molar-refractivity contribution in [2.24, 2.45) is 5.73 Å². The summed E-state index contributed by atoms with van der Waals surface area (Å²) in [5.74, 6) is -0.349. The number of nitrogens with zero attached hydrogens (tertiary/aromatic N) is 1. The van der Waals surface area contributed by atoms with E-state index in [2.05, 4.69) is 20.3 Å². The maximum Gasteiger partial charge on any atom is 0.327 e. The summed E-state index contributed by atoms with van der Waals surface area (Å²) >= 11 is 0. The van der Waals surface area contributed by atoms with Crippen molar-refractivity contribution in [1.29, 1.82) is 0 Å². The molecule has 0 aliphatic heterocycles. The van der Waals surface area contributed by atoms with E-state index < -0.39 is 11.2 Å². The number of aryl methyl sites for hydroxylation is 1. The van der Waals surface area contributed by atoms with Crippen molar-refractivity contribution < 1.29 is 4.79 Å². The van der Waals surface area contributed by atoms with Crippen molar-refractivity contribution in [3.05, 3.63) is 38.2 Å². The molecule has 8 nitrogen and oxygen atoms in total. The molecular weight excluding hydrogens is 345 g/mol. The van der Waals surface area contributed by atoms with E-state index in [4.69, 9.17) is 5.73 Å². The van der Waals surface area contributed by atoms with E-state index in [9.17, 15) is 14.4 Å². The van der Waals surface area contributed by atoms with Gasteiger partial charge in [0.15, 0.2) is 0 Å². The highest BCUT2D eigenvalue weighted by Crippen LogP contribution is 2.10. The van der Waals surface area contributed by atoms with Crippen LogP contribution < -0.4 is 22.3 Å². The normalized spacial score (nSPS) is 9.83. The third-order valence-corrected chi connectivity index (χ3v) is 3.05. The van der Waals surface area contributed by atoms with Gasteiger partial charge in [-0.1, -0.05) is 0 Å². The second-order valence-electron chi connectivity index (χ2n) is 4.71.